The maximum absolute atomic E-state index is 12.6. The van der Waals surface area contributed by atoms with Crippen molar-refractivity contribution in [3.8, 4) is 11.5 Å². The van der Waals surface area contributed by atoms with Crippen molar-refractivity contribution >= 4 is 38.9 Å². The van der Waals surface area contributed by atoms with E-state index < -0.39 is 15.9 Å². The number of hydrogen-bond donors (Lipinski definition) is 2. The van der Waals surface area contributed by atoms with Crippen molar-refractivity contribution in [3.05, 3.63) is 76.8 Å². The Morgan fingerprint density at radius 3 is 2.19 bits per heavy atom. The van der Waals surface area contributed by atoms with Gasteiger partial charge in [0.25, 0.3) is 15.9 Å². The Morgan fingerprint density at radius 1 is 0.903 bits per heavy atom. The number of halogens is 1. The molecule has 0 bridgehead atoms. The molecule has 3 aromatic rings. The first-order valence-electron chi connectivity index (χ1n) is 9.16. The fraction of sp³-hybridized carbons (Fsp3) is 0.136. The van der Waals surface area contributed by atoms with Crippen LogP contribution in [0.3, 0.4) is 0 Å². The average Bonchev–Trinajstić information content (AvgIpc) is 2.75. The number of aryl methyl sites for hydroxylation is 1. The van der Waals surface area contributed by atoms with Crippen molar-refractivity contribution in [3.63, 3.8) is 0 Å². The van der Waals surface area contributed by atoms with Gasteiger partial charge in [-0.25, -0.2) is 8.42 Å². The maximum Gasteiger partial charge on any atom is 0.261 e. The summed E-state index contributed by atoms with van der Waals surface area (Å²) in [6.45, 7) is 1.87. The first-order valence-corrected chi connectivity index (χ1v) is 11.0. The highest BCUT2D eigenvalue weighted by Gasteiger charge is 2.17. The van der Waals surface area contributed by atoms with Gasteiger partial charge < -0.3 is 14.8 Å². The Bertz CT molecular complexity index is 1210. The van der Waals surface area contributed by atoms with Crippen molar-refractivity contribution in [1.29, 1.82) is 0 Å². The fourth-order valence-corrected chi connectivity index (χ4v) is 4.12. The van der Waals surface area contributed by atoms with E-state index >= 15 is 0 Å². The summed E-state index contributed by atoms with van der Waals surface area (Å²) in [5.41, 5.74) is 1.82. The van der Waals surface area contributed by atoms with Crippen LogP contribution >= 0.6 is 11.6 Å². The molecule has 9 heteroatoms. The van der Waals surface area contributed by atoms with E-state index in [1.807, 2.05) is 6.92 Å². The molecule has 1 amide bonds. The quantitative estimate of drug-likeness (QED) is 0.532. The molecule has 0 radical (unpaired) electrons. The molecule has 3 rings (SSSR count). The molecule has 2 N–H and O–H groups in total. The van der Waals surface area contributed by atoms with Gasteiger partial charge in [-0.2, -0.15) is 0 Å². The minimum absolute atomic E-state index is 0.0880. The van der Waals surface area contributed by atoms with Gasteiger partial charge in [0, 0.05) is 11.6 Å². The first kappa shape index (κ1) is 22.5. The van der Waals surface area contributed by atoms with Crippen LogP contribution < -0.4 is 19.5 Å². The first-order chi connectivity index (χ1) is 14.7. The molecule has 0 saturated carbocycles. The van der Waals surface area contributed by atoms with Crippen LogP contribution in [-0.4, -0.2) is 28.5 Å². The van der Waals surface area contributed by atoms with Crippen LogP contribution in [0.2, 0.25) is 5.02 Å². The van der Waals surface area contributed by atoms with Gasteiger partial charge in [0.05, 0.1) is 35.5 Å². The van der Waals surface area contributed by atoms with Gasteiger partial charge in [-0.05, 0) is 49.4 Å². The minimum Gasteiger partial charge on any atom is -0.497 e. The van der Waals surface area contributed by atoms with Crippen LogP contribution in [0.4, 0.5) is 11.4 Å². The summed E-state index contributed by atoms with van der Waals surface area (Å²) in [5.74, 6) is 0.586. The number of benzene rings is 3. The molecule has 0 aliphatic carbocycles. The minimum atomic E-state index is -3.81. The summed E-state index contributed by atoms with van der Waals surface area (Å²) >= 11 is 6.25. The third-order valence-electron chi connectivity index (χ3n) is 4.46. The molecule has 0 aliphatic heterocycles. The molecular formula is C22H21ClN2O5S. The van der Waals surface area contributed by atoms with Crippen LogP contribution in [0.1, 0.15) is 15.9 Å². The molecular weight excluding hydrogens is 440 g/mol. The molecule has 0 saturated heterocycles. The van der Waals surface area contributed by atoms with Gasteiger partial charge in [-0.1, -0.05) is 29.3 Å². The SMILES string of the molecule is COc1ccc(NC(=O)c2ccc(NS(=O)(=O)c3ccc(C)cc3)c(Cl)c2)c(OC)c1. The van der Waals surface area contributed by atoms with Gasteiger partial charge in [-0.3, -0.25) is 9.52 Å². The third kappa shape index (κ3) is 5.28. The Morgan fingerprint density at radius 2 is 1.58 bits per heavy atom. The molecule has 0 aromatic heterocycles. The smallest absolute Gasteiger partial charge is 0.261 e. The largest absolute Gasteiger partial charge is 0.497 e. The van der Waals surface area contributed by atoms with Crippen LogP contribution in [0.15, 0.2) is 65.6 Å². The van der Waals surface area contributed by atoms with E-state index in [0.717, 1.165) is 5.56 Å². The monoisotopic (exact) mass is 460 g/mol. The second kappa shape index (κ2) is 9.28. The summed E-state index contributed by atoms with van der Waals surface area (Å²) < 4.78 is 38.0. The molecule has 7 nitrogen and oxygen atoms in total. The fourth-order valence-electron chi connectivity index (χ4n) is 2.76. The Kier molecular flexibility index (Phi) is 6.72. The maximum atomic E-state index is 12.6. The highest BCUT2D eigenvalue weighted by Crippen LogP contribution is 2.30. The number of methoxy groups -OCH3 is 2. The number of anilines is 2. The van der Waals surface area contributed by atoms with Crippen LogP contribution in [0.5, 0.6) is 11.5 Å². The van der Waals surface area contributed by atoms with Gasteiger partial charge in [0.15, 0.2) is 0 Å². The zero-order valence-electron chi connectivity index (χ0n) is 17.1. The van der Waals surface area contributed by atoms with E-state index in [-0.39, 0.29) is 21.2 Å². The molecule has 31 heavy (non-hydrogen) atoms. The molecule has 0 spiro atoms. The lowest BCUT2D eigenvalue weighted by Crippen LogP contribution is -2.15. The normalized spacial score (nSPS) is 11.0. The Balaban J connectivity index is 1.79. The lowest BCUT2D eigenvalue weighted by atomic mass is 10.2. The highest BCUT2D eigenvalue weighted by atomic mass is 35.5. The molecule has 0 atom stereocenters. The number of carbonyl (C=O) groups is 1. The highest BCUT2D eigenvalue weighted by molar-refractivity contribution is 7.92. The third-order valence-corrected chi connectivity index (χ3v) is 6.16. The average molecular weight is 461 g/mol. The predicted molar refractivity (Wildman–Crippen MR) is 121 cm³/mol. The second-order valence-electron chi connectivity index (χ2n) is 6.63. The topological polar surface area (TPSA) is 93.7 Å². The van der Waals surface area contributed by atoms with Gasteiger partial charge in [0.1, 0.15) is 11.5 Å². The number of sulfonamides is 1. The van der Waals surface area contributed by atoms with Gasteiger partial charge >= 0.3 is 0 Å². The molecule has 162 valence electrons. The Labute approximate surface area is 186 Å². The zero-order valence-corrected chi connectivity index (χ0v) is 18.7. The standard InChI is InChI=1S/C22H21ClN2O5S/c1-14-4-8-17(9-5-14)31(27,28)25-19-10-6-15(12-18(19)23)22(26)24-20-11-7-16(29-2)13-21(20)30-3/h4-13,25H,1-3H3,(H,24,26). The molecule has 0 fully saturated rings. The molecule has 3 aromatic carbocycles. The summed E-state index contributed by atoms with van der Waals surface area (Å²) in [7, 11) is -0.799. The van der Waals surface area contributed by atoms with E-state index in [2.05, 4.69) is 10.0 Å². The van der Waals surface area contributed by atoms with Crippen LogP contribution in [0.25, 0.3) is 0 Å². The van der Waals surface area contributed by atoms with Gasteiger partial charge in [-0.15, -0.1) is 0 Å². The summed E-state index contributed by atoms with van der Waals surface area (Å²) in [6, 6.07) is 15.7. The number of ether oxygens (including phenoxy) is 2. The van der Waals surface area contributed by atoms with Crippen LogP contribution in [0, 0.1) is 6.92 Å². The molecule has 0 unspecified atom stereocenters. The van der Waals surface area contributed by atoms with E-state index in [4.69, 9.17) is 21.1 Å². The Hall–Kier alpha value is -3.23. The van der Waals surface area contributed by atoms with Crippen LogP contribution in [-0.2, 0) is 10.0 Å². The van der Waals surface area contributed by atoms with Gasteiger partial charge in [0.2, 0.25) is 0 Å². The number of rotatable bonds is 7. The molecule has 0 aliphatic rings. The second-order valence-corrected chi connectivity index (χ2v) is 8.72. The molecule has 0 heterocycles. The zero-order chi connectivity index (χ0) is 22.6. The van der Waals surface area contributed by atoms with E-state index in [1.165, 1.54) is 44.6 Å². The lowest BCUT2D eigenvalue weighted by molar-refractivity contribution is 0.102. The number of nitrogens with one attached hydrogen (secondary N) is 2. The van der Waals surface area contributed by atoms with E-state index in [0.29, 0.717) is 17.2 Å². The van der Waals surface area contributed by atoms with Crippen molar-refractivity contribution in [2.75, 3.05) is 24.3 Å². The number of hydrogen-bond acceptors (Lipinski definition) is 5. The summed E-state index contributed by atoms with van der Waals surface area (Å²) in [4.78, 5) is 12.8. The predicted octanol–water partition coefficient (Wildman–Crippen LogP) is 4.72. The summed E-state index contributed by atoms with van der Waals surface area (Å²) in [5, 5.41) is 2.83. The van der Waals surface area contributed by atoms with Crippen molar-refractivity contribution in [2.24, 2.45) is 0 Å². The summed E-state index contributed by atoms with van der Waals surface area (Å²) in [6.07, 6.45) is 0. The van der Waals surface area contributed by atoms with Crippen molar-refractivity contribution in [1.82, 2.24) is 0 Å². The number of amides is 1. The van der Waals surface area contributed by atoms with Crippen molar-refractivity contribution in [2.45, 2.75) is 11.8 Å². The number of carbonyl (C=O) groups excluding carboxylic acids is 1. The van der Waals surface area contributed by atoms with E-state index in [1.54, 1.807) is 30.3 Å². The van der Waals surface area contributed by atoms with E-state index in [9.17, 15) is 13.2 Å². The lowest BCUT2D eigenvalue weighted by Gasteiger charge is -2.13. The van der Waals surface area contributed by atoms with Crippen molar-refractivity contribution < 1.29 is 22.7 Å².